The smallest absolute Gasteiger partial charge is 0.0462 e. The maximum absolute atomic E-state index is 5.00. The van der Waals surface area contributed by atoms with Crippen molar-refractivity contribution in [2.45, 2.75) is 32.7 Å². The van der Waals surface area contributed by atoms with Gasteiger partial charge in [0.25, 0.3) is 0 Å². The number of aryl methyl sites for hydroxylation is 1. The first kappa shape index (κ1) is 13.1. The van der Waals surface area contributed by atoms with Crippen molar-refractivity contribution in [2.75, 3.05) is 20.3 Å². The zero-order chi connectivity index (χ0) is 11.6. The molecule has 0 bridgehead atoms. The van der Waals surface area contributed by atoms with Gasteiger partial charge in [-0.3, -0.25) is 4.98 Å². The number of hydrogen-bond donors (Lipinski definition) is 1. The minimum absolute atomic E-state index is 0.877. The van der Waals surface area contributed by atoms with Crippen molar-refractivity contribution in [1.82, 2.24) is 10.3 Å². The summed E-state index contributed by atoms with van der Waals surface area (Å²) in [5.74, 6) is 0. The summed E-state index contributed by atoms with van der Waals surface area (Å²) in [4.78, 5) is 4.26. The molecule has 0 atom stereocenters. The van der Waals surface area contributed by atoms with Gasteiger partial charge >= 0.3 is 0 Å². The van der Waals surface area contributed by atoms with E-state index < -0.39 is 0 Å². The van der Waals surface area contributed by atoms with E-state index in [9.17, 15) is 0 Å². The quantitative estimate of drug-likeness (QED) is 0.685. The summed E-state index contributed by atoms with van der Waals surface area (Å²) in [5, 5.41) is 3.42. The van der Waals surface area contributed by atoms with Gasteiger partial charge in [0.2, 0.25) is 0 Å². The zero-order valence-electron chi connectivity index (χ0n) is 10.3. The van der Waals surface area contributed by atoms with E-state index in [1.165, 1.54) is 18.4 Å². The molecule has 0 saturated heterocycles. The van der Waals surface area contributed by atoms with Gasteiger partial charge in [-0.2, -0.15) is 0 Å². The second-order valence-corrected chi connectivity index (χ2v) is 4.04. The molecule has 3 nitrogen and oxygen atoms in total. The van der Waals surface area contributed by atoms with Gasteiger partial charge in [0.05, 0.1) is 0 Å². The minimum Gasteiger partial charge on any atom is -0.385 e. The highest BCUT2D eigenvalue weighted by Gasteiger charge is 1.93. The average molecular weight is 222 g/mol. The Hall–Kier alpha value is -0.930. The van der Waals surface area contributed by atoms with Gasteiger partial charge in [0.15, 0.2) is 0 Å². The van der Waals surface area contributed by atoms with Crippen LogP contribution in [-0.2, 0) is 11.3 Å². The molecule has 0 amide bonds. The van der Waals surface area contributed by atoms with Crippen LogP contribution in [0.15, 0.2) is 18.3 Å². The van der Waals surface area contributed by atoms with Crippen LogP contribution in [0.3, 0.4) is 0 Å². The van der Waals surface area contributed by atoms with E-state index in [0.717, 1.165) is 31.8 Å². The molecule has 1 aromatic heterocycles. The second-order valence-electron chi connectivity index (χ2n) is 4.04. The molecule has 0 fully saturated rings. The first-order valence-electron chi connectivity index (χ1n) is 5.94. The largest absolute Gasteiger partial charge is 0.385 e. The minimum atomic E-state index is 0.877. The summed E-state index contributed by atoms with van der Waals surface area (Å²) >= 11 is 0. The van der Waals surface area contributed by atoms with Crippen LogP contribution in [0.25, 0.3) is 0 Å². The molecule has 1 rings (SSSR count). The molecular formula is C13H22N2O. The molecule has 0 radical (unpaired) electrons. The van der Waals surface area contributed by atoms with E-state index in [1.54, 1.807) is 7.11 Å². The Morgan fingerprint density at radius 1 is 1.25 bits per heavy atom. The average Bonchev–Trinajstić information content (AvgIpc) is 2.30. The maximum Gasteiger partial charge on any atom is 0.0462 e. The highest BCUT2D eigenvalue weighted by Crippen LogP contribution is 1.99. The molecule has 0 aliphatic rings. The van der Waals surface area contributed by atoms with Crippen LogP contribution in [0.5, 0.6) is 0 Å². The van der Waals surface area contributed by atoms with E-state index in [-0.39, 0.29) is 0 Å². The number of nitrogens with zero attached hydrogens (tertiary/aromatic N) is 1. The number of methoxy groups -OCH3 is 1. The molecule has 0 spiro atoms. The summed E-state index contributed by atoms with van der Waals surface area (Å²) in [7, 11) is 1.75. The predicted molar refractivity (Wildman–Crippen MR) is 66.4 cm³/mol. The lowest BCUT2D eigenvalue weighted by atomic mass is 10.2. The Kier molecular flexibility index (Phi) is 6.77. The molecule has 0 saturated carbocycles. The molecule has 90 valence electrons. The van der Waals surface area contributed by atoms with Gasteiger partial charge < -0.3 is 10.1 Å². The molecule has 0 aliphatic heterocycles. The molecule has 1 aromatic rings. The molecule has 0 aromatic carbocycles. The SMILES string of the molecule is COCCCCCNCc1ccc(C)nc1. The van der Waals surface area contributed by atoms with E-state index in [1.807, 2.05) is 13.1 Å². The fourth-order valence-corrected chi connectivity index (χ4v) is 1.51. The Labute approximate surface area is 98.2 Å². The Bertz CT molecular complexity index is 272. The third-order valence-electron chi connectivity index (χ3n) is 2.50. The lowest BCUT2D eigenvalue weighted by Gasteiger charge is -2.04. The Balaban J connectivity index is 2.01. The van der Waals surface area contributed by atoms with Crippen LogP contribution in [-0.4, -0.2) is 25.2 Å². The monoisotopic (exact) mass is 222 g/mol. The van der Waals surface area contributed by atoms with E-state index in [4.69, 9.17) is 4.74 Å². The first-order valence-corrected chi connectivity index (χ1v) is 5.94. The van der Waals surface area contributed by atoms with Crippen molar-refractivity contribution >= 4 is 0 Å². The van der Waals surface area contributed by atoms with Gasteiger partial charge in [0.1, 0.15) is 0 Å². The van der Waals surface area contributed by atoms with Gasteiger partial charge in [-0.15, -0.1) is 0 Å². The summed E-state index contributed by atoms with van der Waals surface area (Å²) in [6.45, 7) is 4.87. The molecule has 3 heteroatoms. The topological polar surface area (TPSA) is 34.1 Å². The van der Waals surface area contributed by atoms with Crippen molar-refractivity contribution in [3.05, 3.63) is 29.6 Å². The molecule has 1 heterocycles. The standard InChI is InChI=1S/C13H22N2O/c1-12-6-7-13(11-15-12)10-14-8-4-3-5-9-16-2/h6-7,11,14H,3-5,8-10H2,1-2H3. The second kappa shape index (κ2) is 8.25. The van der Waals surface area contributed by atoms with Crippen molar-refractivity contribution in [3.8, 4) is 0 Å². The Morgan fingerprint density at radius 2 is 2.12 bits per heavy atom. The summed E-state index contributed by atoms with van der Waals surface area (Å²) in [6, 6.07) is 4.18. The molecular weight excluding hydrogens is 200 g/mol. The van der Waals surface area contributed by atoms with E-state index in [0.29, 0.717) is 0 Å². The van der Waals surface area contributed by atoms with Crippen LogP contribution >= 0.6 is 0 Å². The maximum atomic E-state index is 5.00. The fourth-order valence-electron chi connectivity index (χ4n) is 1.51. The van der Waals surface area contributed by atoms with Crippen LogP contribution in [0, 0.1) is 6.92 Å². The van der Waals surface area contributed by atoms with Crippen molar-refractivity contribution in [1.29, 1.82) is 0 Å². The number of rotatable bonds is 8. The zero-order valence-corrected chi connectivity index (χ0v) is 10.3. The number of unbranched alkanes of at least 4 members (excludes halogenated alkanes) is 2. The van der Waals surface area contributed by atoms with E-state index >= 15 is 0 Å². The van der Waals surface area contributed by atoms with E-state index in [2.05, 4.69) is 22.4 Å². The summed E-state index contributed by atoms with van der Waals surface area (Å²) < 4.78 is 5.00. The number of ether oxygens (including phenoxy) is 1. The van der Waals surface area contributed by atoms with Crippen LogP contribution in [0.2, 0.25) is 0 Å². The number of hydrogen-bond acceptors (Lipinski definition) is 3. The number of pyridine rings is 1. The van der Waals surface area contributed by atoms with Crippen LogP contribution in [0.1, 0.15) is 30.5 Å². The highest BCUT2D eigenvalue weighted by atomic mass is 16.5. The lowest BCUT2D eigenvalue weighted by Crippen LogP contribution is -2.14. The predicted octanol–water partition coefficient (Wildman–Crippen LogP) is 2.30. The van der Waals surface area contributed by atoms with Crippen molar-refractivity contribution < 1.29 is 4.74 Å². The highest BCUT2D eigenvalue weighted by molar-refractivity contribution is 5.12. The molecule has 16 heavy (non-hydrogen) atoms. The van der Waals surface area contributed by atoms with Gasteiger partial charge in [-0.05, 0) is 44.4 Å². The molecule has 1 N–H and O–H groups in total. The Morgan fingerprint density at radius 3 is 2.81 bits per heavy atom. The number of nitrogens with one attached hydrogen (secondary N) is 1. The lowest BCUT2D eigenvalue weighted by molar-refractivity contribution is 0.192. The first-order chi connectivity index (χ1) is 7.83. The molecule has 0 aliphatic carbocycles. The fraction of sp³-hybridized carbons (Fsp3) is 0.615. The van der Waals surface area contributed by atoms with Gasteiger partial charge in [0, 0.05) is 32.2 Å². The van der Waals surface area contributed by atoms with Crippen molar-refractivity contribution in [2.24, 2.45) is 0 Å². The summed E-state index contributed by atoms with van der Waals surface area (Å²) in [5.41, 5.74) is 2.32. The normalized spacial score (nSPS) is 10.6. The van der Waals surface area contributed by atoms with Gasteiger partial charge in [-0.1, -0.05) is 6.07 Å². The molecule has 0 unspecified atom stereocenters. The third kappa shape index (κ3) is 5.83. The van der Waals surface area contributed by atoms with Crippen LogP contribution in [0.4, 0.5) is 0 Å². The van der Waals surface area contributed by atoms with Gasteiger partial charge in [-0.25, -0.2) is 0 Å². The summed E-state index contributed by atoms with van der Waals surface area (Å²) in [6.07, 6.45) is 5.53. The third-order valence-corrected chi connectivity index (χ3v) is 2.50. The van der Waals surface area contributed by atoms with Crippen molar-refractivity contribution in [3.63, 3.8) is 0 Å². The number of aromatic nitrogens is 1. The van der Waals surface area contributed by atoms with Crippen LogP contribution < -0.4 is 5.32 Å².